The molecule has 0 saturated carbocycles. The van der Waals surface area contributed by atoms with Crippen molar-refractivity contribution in [2.24, 2.45) is 0 Å². The molecule has 0 amide bonds. The fourth-order valence-electron chi connectivity index (χ4n) is 1.25. The molecule has 0 atom stereocenters. The highest BCUT2D eigenvalue weighted by molar-refractivity contribution is 7.87. The van der Waals surface area contributed by atoms with Crippen LogP contribution in [0.3, 0.4) is 0 Å². The van der Waals surface area contributed by atoms with Gasteiger partial charge in [-0.2, -0.15) is 0 Å². The lowest BCUT2D eigenvalue weighted by atomic mass is 10.2. The summed E-state index contributed by atoms with van der Waals surface area (Å²) >= 11 is 17.2. The third kappa shape index (κ3) is 4.72. The summed E-state index contributed by atoms with van der Waals surface area (Å²) in [5.74, 6) is -0.201. The Bertz CT molecular complexity index is 454. The topological polar surface area (TPSA) is 43.4 Å². The molecule has 0 saturated heterocycles. The molecule has 0 radical (unpaired) electrons. The predicted octanol–water partition coefficient (Wildman–Crippen LogP) is 2.81. The lowest BCUT2D eigenvalue weighted by molar-refractivity contribution is 0.482. The molecule has 1 aromatic carbocycles. The van der Waals surface area contributed by atoms with Crippen LogP contribution < -0.4 is 0 Å². The van der Waals surface area contributed by atoms with Crippen LogP contribution >= 0.6 is 34.8 Å². The molecule has 0 bridgehead atoms. The third-order valence-electron chi connectivity index (χ3n) is 2.22. The standard InChI is InChI=1S/C10H13Cl3O3SSi/c11-7-18(8-12,9-13)16-17(14,15)6-10-4-2-1-3-5-10/h1-5H,6-9H2. The zero-order valence-corrected chi connectivity index (χ0v) is 13.6. The Morgan fingerprint density at radius 1 is 1.00 bits per heavy atom. The molecule has 1 aromatic rings. The molecule has 0 aliphatic rings. The highest BCUT2D eigenvalue weighted by Gasteiger charge is 2.38. The second-order valence-corrected chi connectivity index (χ2v) is 11.5. The summed E-state index contributed by atoms with van der Waals surface area (Å²) in [4.78, 5) is 0. The van der Waals surface area contributed by atoms with Crippen molar-refractivity contribution < 1.29 is 12.3 Å². The monoisotopic (exact) mass is 346 g/mol. The highest BCUT2D eigenvalue weighted by atomic mass is 35.5. The van der Waals surface area contributed by atoms with E-state index in [1.54, 1.807) is 24.3 Å². The zero-order valence-electron chi connectivity index (χ0n) is 9.48. The van der Waals surface area contributed by atoms with Crippen molar-refractivity contribution in [3.63, 3.8) is 0 Å². The van der Waals surface area contributed by atoms with E-state index in [-0.39, 0.29) is 22.3 Å². The van der Waals surface area contributed by atoms with E-state index >= 15 is 0 Å². The van der Waals surface area contributed by atoms with Crippen LogP contribution in [0.2, 0.25) is 0 Å². The van der Waals surface area contributed by atoms with Gasteiger partial charge in [0.2, 0.25) is 0 Å². The van der Waals surface area contributed by atoms with Crippen LogP contribution in [0.15, 0.2) is 30.3 Å². The lowest BCUT2D eigenvalue weighted by Crippen LogP contribution is -2.48. The minimum absolute atomic E-state index is 0.0496. The molecule has 3 nitrogen and oxygen atoms in total. The van der Waals surface area contributed by atoms with E-state index < -0.39 is 18.4 Å². The van der Waals surface area contributed by atoms with Crippen molar-refractivity contribution in [3.05, 3.63) is 35.9 Å². The lowest BCUT2D eigenvalue weighted by Gasteiger charge is -2.23. The van der Waals surface area contributed by atoms with Crippen molar-refractivity contribution >= 4 is 53.2 Å². The Morgan fingerprint density at radius 2 is 1.50 bits per heavy atom. The molecule has 102 valence electrons. The van der Waals surface area contributed by atoms with Gasteiger partial charge < -0.3 is 3.87 Å². The molecule has 0 aliphatic heterocycles. The Balaban J connectivity index is 2.82. The van der Waals surface area contributed by atoms with E-state index in [0.717, 1.165) is 0 Å². The van der Waals surface area contributed by atoms with Gasteiger partial charge in [-0.05, 0) is 5.56 Å². The summed E-state index contributed by atoms with van der Waals surface area (Å²) in [5, 5.41) is 0. The van der Waals surface area contributed by atoms with Crippen molar-refractivity contribution in [1.29, 1.82) is 0 Å². The Morgan fingerprint density at radius 3 is 1.94 bits per heavy atom. The number of alkyl halides is 3. The summed E-state index contributed by atoms with van der Waals surface area (Å²) in [5.41, 5.74) is 0.801. The highest BCUT2D eigenvalue weighted by Crippen LogP contribution is 2.18. The first kappa shape index (κ1) is 16.3. The van der Waals surface area contributed by atoms with Gasteiger partial charge in [0.25, 0.3) is 18.4 Å². The van der Waals surface area contributed by atoms with Gasteiger partial charge in [0.1, 0.15) is 0 Å². The molecule has 0 N–H and O–H groups in total. The summed E-state index contributed by atoms with van der Waals surface area (Å²) in [7, 11) is -6.52. The van der Waals surface area contributed by atoms with Crippen molar-refractivity contribution in [2.45, 2.75) is 5.75 Å². The quantitative estimate of drug-likeness (QED) is 0.563. The van der Waals surface area contributed by atoms with Crippen LogP contribution in [0.25, 0.3) is 0 Å². The molecular formula is C10H13Cl3O3SSi. The Hall–Kier alpha value is 0.217. The molecule has 0 fully saturated rings. The van der Waals surface area contributed by atoms with Crippen molar-refractivity contribution in [1.82, 2.24) is 0 Å². The Kier molecular flexibility index (Phi) is 6.44. The van der Waals surface area contributed by atoms with E-state index in [0.29, 0.717) is 5.56 Å². The van der Waals surface area contributed by atoms with Crippen LogP contribution in [0, 0.1) is 0 Å². The van der Waals surface area contributed by atoms with Gasteiger partial charge in [-0.25, -0.2) is 8.42 Å². The number of hydrogen-bond acceptors (Lipinski definition) is 3. The molecule has 0 unspecified atom stereocenters. The molecule has 0 aliphatic carbocycles. The molecule has 0 spiro atoms. The van der Waals surface area contributed by atoms with Gasteiger partial charge in [-0.3, -0.25) is 0 Å². The first-order chi connectivity index (χ1) is 8.47. The zero-order chi connectivity index (χ0) is 13.6. The SMILES string of the molecule is O=S(=O)(Cc1ccccc1)O[Si](CCl)(CCl)CCl. The molecule has 18 heavy (non-hydrogen) atoms. The number of hydrogen-bond donors (Lipinski definition) is 0. The fraction of sp³-hybridized carbons (Fsp3) is 0.400. The van der Waals surface area contributed by atoms with E-state index in [1.165, 1.54) is 0 Å². The van der Waals surface area contributed by atoms with Crippen molar-refractivity contribution in [3.8, 4) is 0 Å². The van der Waals surface area contributed by atoms with Crippen LogP contribution in [0.4, 0.5) is 0 Å². The number of halogens is 3. The largest absolute Gasteiger partial charge is 0.311 e. The summed E-state index contributed by atoms with van der Waals surface area (Å²) in [6.45, 7) is 0. The third-order valence-corrected chi connectivity index (χ3v) is 11.2. The smallest absolute Gasteiger partial charge is 0.262 e. The van der Waals surface area contributed by atoms with E-state index in [1.807, 2.05) is 6.07 Å². The van der Waals surface area contributed by atoms with Gasteiger partial charge >= 0.3 is 0 Å². The number of benzene rings is 1. The van der Waals surface area contributed by atoms with Gasteiger partial charge in [-0.1, -0.05) is 30.3 Å². The normalized spacial score (nSPS) is 12.6. The van der Waals surface area contributed by atoms with Gasteiger partial charge in [0.15, 0.2) is 0 Å². The summed E-state index contributed by atoms with van der Waals surface area (Å²) in [6.07, 6.45) is 0. The van der Waals surface area contributed by atoms with Gasteiger partial charge in [0, 0.05) is 16.5 Å². The first-order valence-electron chi connectivity index (χ1n) is 5.12. The van der Waals surface area contributed by atoms with E-state index in [4.69, 9.17) is 38.7 Å². The van der Waals surface area contributed by atoms with E-state index in [9.17, 15) is 8.42 Å². The average molecular weight is 348 g/mol. The molecule has 0 heterocycles. The minimum Gasteiger partial charge on any atom is -0.311 e. The second kappa shape index (κ2) is 7.12. The minimum atomic E-state index is -3.72. The number of rotatable bonds is 7. The summed E-state index contributed by atoms with van der Waals surface area (Å²) < 4.78 is 29.0. The van der Waals surface area contributed by atoms with Gasteiger partial charge in [0.05, 0.1) is 5.75 Å². The molecular weight excluding hydrogens is 335 g/mol. The van der Waals surface area contributed by atoms with Crippen LogP contribution in [-0.4, -0.2) is 33.2 Å². The Labute approximate surface area is 123 Å². The molecule has 0 aromatic heterocycles. The molecule has 8 heteroatoms. The van der Waals surface area contributed by atoms with Crippen LogP contribution in [0.5, 0.6) is 0 Å². The molecule has 1 rings (SSSR count). The van der Waals surface area contributed by atoms with Crippen LogP contribution in [-0.2, 0) is 19.7 Å². The maximum absolute atomic E-state index is 11.9. The second-order valence-electron chi connectivity index (χ2n) is 3.85. The van der Waals surface area contributed by atoms with Gasteiger partial charge in [-0.15, -0.1) is 34.8 Å². The first-order valence-corrected chi connectivity index (χ1v) is 10.8. The fourth-order valence-corrected chi connectivity index (χ4v) is 8.77. The predicted molar refractivity (Wildman–Crippen MR) is 78.1 cm³/mol. The van der Waals surface area contributed by atoms with Crippen LogP contribution in [0.1, 0.15) is 5.56 Å². The maximum Gasteiger partial charge on any atom is 0.262 e. The summed E-state index contributed by atoms with van der Waals surface area (Å²) in [6, 6.07) is 8.77. The maximum atomic E-state index is 11.9. The average Bonchev–Trinajstić information content (AvgIpc) is 2.37. The van der Waals surface area contributed by atoms with Crippen molar-refractivity contribution in [2.75, 3.05) is 16.5 Å². The van der Waals surface area contributed by atoms with E-state index in [2.05, 4.69) is 0 Å².